The molecular weight excluding hydrogens is 302 g/mol. The topological polar surface area (TPSA) is 58.6 Å². The lowest BCUT2D eigenvalue weighted by atomic mass is 9.87. The van der Waals surface area contributed by atoms with Crippen LogP contribution in [0.25, 0.3) is 0 Å². The Hall–Kier alpha value is -2.75. The van der Waals surface area contributed by atoms with Crippen molar-refractivity contribution in [2.75, 3.05) is 12.4 Å². The van der Waals surface area contributed by atoms with E-state index < -0.39 is 0 Å². The van der Waals surface area contributed by atoms with Gasteiger partial charge in [0.05, 0.1) is 12.8 Å². The van der Waals surface area contributed by atoms with Crippen molar-refractivity contribution in [2.45, 2.75) is 25.7 Å². The van der Waals surface area contributed by atoms with Crippen molar-refractivity contribution in [3.05, 3.63) is 65.4 Å². The zero-order chi connectivity index (χ0) is 17.1. The molecule has 2 N–H and O–H groups in total. The van der Waals surface area contributed by atoms with E-state index in [0.717, 1.165) is 22.6 Å². The molecule has 0 saturated heterocycles. The van der Waals surface area contributed by atoms with E-state index in [-0.39, 0.29) is 17.5 Å². The molecule has 0 aliphatic heterocycles. The Morgan fingerprint density at radius 2 is 1.92 bits per heavy atom. The van der Waals surface area contributed by atoms with E-state index in [1.54, 1.807) is 13.2 Å². The highest BCUT2D eigenvalue weighted by Gasteiger charge is 2.22. The number of phenols is 1. The second-order valence-corrected chi connectivity index (χ2v) is 6.14. The van der Waals surface area contributed by atoms with Gasteiger partial charge in [0.25, 0.3) is 0 Å². The lowest BCUT2D eigenvalue weighted by Gasteiger charge is -2.22. The molecular formula is C20H21NO3. The molecule has 2 aromatic rings. The number of phenolic OH excluding ortho intramolecular Hbond substituents is 1. The second kappa shape index (κ2) is 6.79. The minimum Gasteiger partial charge on any atom is -0.506 e. The molecule has 1 unspecified atom stereocenters. The van der Waals surface area contributed by atoms with Crippen LogP contribution in [0.4, 0.5) is 5.69 Å². The molecule has 1 aliphatic rings. The largest absolute Gasteiger partial charge is 0.506 e. The van der Waals surface area contributed by atoms with E-state index >= 15 is 0 Å². The van der Waals surface area contributed by atoms with E-state index in [1.807, 2.05) is 43.3 Å². The number of ether oxygens (including phenoxy) is 1. The van der Waals surface area contributed by atoms with Crippen LogP contribution < -0.4 is 10.1 Å². The molecule has 3 rings (SSSR count). The summed E-state index contributed by atoms with van der Waals surface area (Å²) in [5.41, 5.74) is 3.58. The Morgan fingerprint density at radius 1 is 1.17 bits per heavy atom. The monoisotopic (exact) mass is 323 g/mol. The average Bonchev–Trinajstić information content (AvgIpc) is 2.58. The number of aryl methyl sites for hydroxylation is 1. The van der Waals surface area contributed by atoms with Crippen LogP contribution in [0.5, 0.6) is 11.5 Å². The molecule has 0 radical (unpaired) electrons. The number of Topliss-reactive ketones (excluding diaryl/α,β-unsaturated/α-hetero) is 1. The Morgan fingerprint density at radius 3 is 2.62 bits per heavy atom. The number of carbonyl (C=O) groups excluding carboxylic acids is 1. The van der Waals surface area contributed by atoms with Gasteiger partial charge in [-0.25, -0.2) is 0 Å². The first kappa shape index (κ1) is 16.1. The Bertz CT molecular complexity index is 778. The number of aromatic hydroxyl groups is 1. The first-order valence-corrected chi connectivity index (χ1v) is 7.98. The van der Waals surface area contributed by atoms with Crippen molar-refractivity contribution in [2.24, 2.45) is 0 Å². The third kappa shape index (κ3) is 3.59. The number of benzene rings is 2. The zero-order valence-electron chi connectivity index (χ0n) is 13.9. The SMILES string of the molecule is COc1ccc(C2C=C(Nc3cc(C)ccc3O)CC(=O)C2)cc1. The van der Waals surface area contributed by atoms with Crippen molar-refractivity contribution in [1.82, 2.24) is 0 Å². The third-order valence-corrected chi connectivity index (χ3v) is 4.23. The molecule has 4 nitrogen and oxygen atoms in total. The predicted molar refractivity (Wildman–Crippen MR) is 94.5 cm³/mol. The summed E-state index contributed by atoms with van der Waals surface area (Å²) in [6.45, 7) is 1.96. The van der Waals surface area contributed by atoms with Crippen LogP contribution in [0.3, 0.4) is 0 Å². The minimum absolute atomic E-state index is 0.0339. The summed E-state index contributed by atoms with van der Waals surface area (Å²) in [4.78, 5) is 12.2. The standard InChI is InChI=1S/C20H21NO3/c1-13-3-8-20(23)19(9-13)21-16-10-15(11-17(22)12-16)14-4-6-18(24-2)7-5-14/h3-10,15,21,23H,11-12H2,1-2H3. The molecule has 0 fully saturated rings. The van der Waals surface area contributed by atoms with Gasteiger partial charge < -0.3 is 15.2 Å². The lowest BCUT2D eigenvalue weighted by Crippen LogP contribution is -2.16. The first-order valence-electron chi connectivity index (χ1n) is 7.98. The van der Waals surface area contributed by atoms with Gasteiger partial charge in [0.15, 0.2) is 0 Å². The van der Waals surface area contributed by atoms with Crippen LogP contribution in [-0.2, 0) is 4.79 Å². The van der Waals surface area contributed by atoms with Crippen molar-refractivity contribution in [1.29, 1.82) is 0 Å². The summed E-state index contributed by atoms with van der Waals surface area (Å²) in [5, 5.41) is 13.2. The normalized spacial score (nSPS) is 17.3. The molecule has 24 heavy (non-hydrogen) atoms. The van der Waals surface area contributed by atoms with Gasteiger partial charge in [-0.2, -0.15) is 0 Å². The van der Waals surface area contributed by atoms with E-state index in [1.165, 1.54) is 0 Å². The Labute approximate surface area is 141 Å². The van der Waals surface area contributed by atoms with Crippen LogP contribution in [0, 0.1) is 6.92 Å². The summed E-state index contributed by atoms with van der Waals surface area (Å²) in [5.74, 6) is 1.20. The Balaban J connectivity index is 1.85. The van der Waals surface area contributed by atoms with E-state index in [4.69, 9.17) is 4.74 Å². The number of methoxy groups -OCH3 is 1. The van der Waals surface area contributed by atoms with Gasteiger partial charge >= 0.3 is 0 Å². The molecule has 124 valence electrons. The highest BCUT2D eigenvalue weighted by Crippen LogP contribution is 2.33. The Kier molecular flexibility index (Phi) is 4.56. The number of nitrogens with one attached hydrogen (secondary N) is 1. The molecule has 0 saturated carbocycles. The molecule has 1 atom stereocenters. The van der Waals surface area contributed by atoms with Crippen molar-refractivity contribution in [3.63, 3.8) is 0 Å². The molecule has 1 aliphatic carbocycles. The molecule has 0 spiro atoms. The summed E-state index contributed by atoms with van der Waals surface area (Å²) >= 11 is 0. The van der Waals surface area contributed by atoms with Gasteiger partial charge in [0.1, 0.15) is 17.3 Å². The molecule has 0 bridgehead atoms. The fraction of sp³-hybridized carbons (Fsp3) is 0.250. The zero-order valence-corrected chi connectivity index (χ0v) is 13.9. The van der Waals surface area contributed by atoms with E-state index in [2.05, 4.69) is 11.4 Å². The molecule has 4 heteroatoms. The van der Waals surface area contributed by atoms with E-state index in [9.17, 15) is 9.90 Å². The maximum Gasteiger partial charge on any atom is 0.139 e. The maximum absolute atomic E-state index is 12.2. The third-order valence-electron chi connectivity index (χ3n) is 4.23. The molecule has 0 amide bonds. The highest BCUT2D eigenvalue weighted by molar-refractivity contribution is 5.84. The van der Waals surface area contributed by atoms with Gasteiger partial charge in [0.2, 0.25) is 0 Å². The van der Waals surface area contributed by atoms with Crippen molar-refractivity contribution < 1.29 is 14.6 Å². The fourth-order valence-electron chi connectivity index (χ4n) is 2.96. The summed E-state index contributed by atoms with van der Waals surface area (Å²) in [6, 6.07) is 13.2. The molecule has 0 aromatic heterocycles. The number of hydrogen-bond donors (Lipinski definition) is 2. The van der Waals surface area contributed by atoms with Gasteiger partial charge in [0, 0.05) is 24.5 Å². The van der Waals surface area contributed by atoms with Crippen LogP contribution in [-0.4, -0.2) is 18.0 Å². The number of hydrogen-bond acceptors (Lipinski definition) is 4. The van der Waals surface area contributed by atoms with Gasteiger partial charge in [-0.15, -0.1) is 0 Å². The maximum atomic E-state index is 12.2. The van der Waals surface area contributed by atoms with Crippen molar-refractivity contribution >= 4 is 11.5 Å². The van der Waals surface area contributed by atoms with Crippen LogP contribution >= 0.6 is 0 Å². The fourth-order valence-corrected chi connectivity index (χ4v) is 2.96. The lowest BCUT2D eigenvalue weighted by molar-refractivity contribution is -0.118. The van der Waals surface area contributed by atoms with Crippen molar-refractivity contribution in [3.8, 4) is 11.5 Å². The summed E-state index contributed by atoms with van der Waals surface area (Å²) in [7, 11) is 1.63. The van der Waals surface area contributed by atoms with Gasteiger partial charge in [-0.3, -0.25) is 4.79 Å². The summed E-state index contributed by atoms with van der Waals surface area (Å²) in [6.07, 6.45) is 2.93. The van der Waals surface area contributed by atoms with Gasteiger partial charge in [-0.05, 0) is 42.3 Å². The number of allylic oxidation sites excluding steroid dienone is 2. The number of carbonyl (C=O) groups is 1. The van der Waals surface area contributed by atoms with Crippen LogP contribution in [0.2, 0.25) is 0 Å². The predicted octanol–water partition coefficient (Wildman–Crippen LogP) is 4.15. The van der Waals surface area contributed by atoms with E-state index in [0.29, 0.717) is 18.5 Å². The number of rotatable bonds is 4. The number of ketones is 1. The summed E-state index contributed by atoms with van der Waals surface area (Å²) < 4.78 is 5.18. The molecule has 0 heterocycles. The molecule has 2 aromatic carbocycles. The smallest absolute Gasteiger partial charge is 0.139 e. The second-order valence-electron chi connectivity index (χ2n) is 6.14. The quantitative estimate of drug-likeness (QED) is 0.830. The van der Waals surface area contributed by atoms with Crippen LogP contribution in [0.15, 0.2) is 54.2 Å². The highest BCUT2D eigenvalue weighted by atomic mass is 16.5. The average molecular weight is 323 g/mol. The van der Waals surface area contributed by atoms with Crippen LogP contribution in [0.1, 0.15) is 29.9 Å². The van der Waals surface area contributed by atoms with Gasteiger partial charge in [-0.1, -0.05) is 24.3 Å². The first-order chi connectivity index (χ1) is 11.5. The minimum atomic E-state index is 0.0339. The number of anilines is 1.